The highest BCUT2D eigenvalue weighted by Crippen LogP contribution is 2.36. The molecule has 4 aromatic rings. The number of hydrogen-bond acceptors (Lipinski definition) is 6. The molecule has 0 aliphatic rings. The number of hydrogen-bond donors (Lipinski definition) is 1. The number of rotatable bonds is 7. The summed E-state index contributed by atoms with van der Waals surface area (Å²) in [6.07, 6.45) is -0.830. The molecular formula is C29H27ClN2O4S. The molecular weight excluding hydrogens is 508 g/mol. The van der Waals surface area contributed by atoms with Gasteiger partial charge < -0.3 is 9.47 Å². The van der Waals surface area contributed by atoms with E-state index in [1.807, 2.05) is 68.4 Å². The molecule has 3 aromatic carbocycles. The van der Waals surface area contributed by atoms with Crippen LogP contribution < -0.4 is 5.32 Å². The van der Waals surface area contributed by atoms with Crippen molar-refractivity contribution in [3.8, 4) is 21.6 Å². The summed E-state index contributed by atoms with van der Waals surface area (Å²) in [4.78, 5) is 25.2. The van der Waals surface area contributed by atoms with Gasteiger partial charge in [-0.3, -0.25) is 10.1 Å². The van der Waals surface area contributed by atoms with Gasteiger partial charge in [0.15, 0.2) is 0 Å². The molecule has 0 bridgehead atoms. The van der Waals surface area contributed by atoms with Crippen molar-refractivity contribution in [2.45, 2.75) is 33.3 Å². The molecule has 8 heteroatoms. The summed E-state index contributed by atoms with van der Waals surface area (Å²) < 4.78 is 14.8. The van der Waals surface area contributed by atoms with Crippen LogP contribution in [0, 0.1) is 13.8 Å². The Balaban J connectivity index is 1.49. The Hall–Kier alpha value is -3.68. The molecule has 1 N–H and O–H groups in total. The van der Waals surface area contributed by atoms with Crippen LogP contribution in [0.4, 0.5) is 10.5 Å². The first-order valence-electron chi connectivity index (χ1n) is 11.7. The van der Waals surface area contributed by atoms with Gasteiger partial charge in [-0.05, 0) is 66.2 Å². The van der Waals surface area contributed by atoms with Gasteiger partial charge in [-0.15, -0.1) is 0 Å². The number of aryl methyl sites for hydroxylation is 2. The van der Waals surface area contributed by atoms with Crippen molar-refractivity contribution in [2.75, 3.05) is 12.4 Å². The molecule has 1 heterocycles. The third kappa shape index (κ3) is 6.18. The van der Waals surface area contributed by atoms with Crippen molar-refractivity contribution in [3.63, 3.8) is 0 Å². The SMILES string of the molecule is COC(=O)Cc1ccc(-c2ccc(-c3snc(C)c3NC(=O)O[C@H](C)c3ccccc3Cl)cc2)cc1C. The molecule has 0 fully saturated rings. The summed E-state index contributed by atoms with van der Waals surface area (Å²) in [6.45, 7) is 5.61. The molecule has 1 aromatic heterocycles. The van der Waals surface area contributed by atoms with E-state index in [1.165, 1.54) is 18.6 Å². The van der Waals surface area contributed by atoms with Crippen molar-refractivity contribution < 1.29 is 19.1 Å². The Labute approximate surface area is 225 Å². The van der Waals surface area contributed by atoms with Crippen LogP contribution in [0.1, 0.15) is 35.4 Å². The summed E-state index contributed by atoms with van der Waals surface area (Å²) in [5.74, 6) is -0.258. The molecule has 0 aliphatic heterocycles. The van der Waals surface area contributed by atoms with Gasteiger partial charge in [0.05, 0.1) is 29.8 Å². The molecule has 1 atom stereocenters. The zero-order chi connectivity index (χ0) is 26.5. The molecule has 0 unspecified atom stereocenters. The van der Waals surface area contributed by atoms with Crippen LogP contribution in [0.15, 0.2) is 66.7 Å². The molecule has 6 nitrogen and oxygen atoms in total. The molecule has 1 amide bonds. The van der Waals surface area contributed by atoms with Gasteiger partial charge in [-0.1, -0.05) is 72.3 Å². The first kappa shape index (κ1) is 26.4. The van der Waals surface area contributed by atoms with E-state index in [0.29, 0.717) is 16.4 Å². The smallest absolute Gasteiger partial charge is 0.412 e. The largest absolute Gasteiger partial charge is 0.469 e. The van der Waals surface area contributed by atoms with Crippen molar-refractivity contribution in [2.24, 2.45) is 0 Å². The van der Waals surface area contributed by atoms with Gasteiger partial charge in [0.25, 0.3) is 0 Å². The number of aromatic nitrogens is 1. The lowest BCUT2D eigenvalue weighted by Gasteiger charge is -2.16. The fourth-order valence-corrected chi connectivity index (χ4v) is 5.13. The molecule has 0 saturated heterocycles. The maximum absolute atomic E-state index is 12.7. The molecule has 0 radical (unpaired) electrons. The lowest BCUT2D eigenvalue weighted by Crippen LogP contribution is -2.16. The van der Waals surface area contributed by atoms with Crippen molar-refractivity contribution in [1.29, 1.82) is 0 Å². The number of carbonyl (C=O) groups is 2. The van der Waals surface area contributed by atoms with Crippen molar-refractivity contribution in [1.82, 2.24) is 4.37 Å². The van der Waals surface area contributed by atoms with Crippen LogP contribution in [0.5, 0.6) is 0 Å². The quantitative estimate of drug-likeness (QED) is 0.245. The number of anilines is 1. The summed E-state index contributed by atoms with van der Waals surface area (Å²) in [7, 11) is 1.39. The second kappa shape index (κ2) is 11.6. The topological polar surface area (TPSA) is 77.5 Å². The lowest BCUT2D eigenvalue weighted by atomic mass is 9.97. The highest BCUT2D eigenvalue weighted by atomic mass is 35.5. The minimum atomic E-state index is -0.573. The van der Waals surface area contributed by atoms with Crippen LogP contribution in [0.3, 0.4) is 0 Å². The lowest BCUT2D eigenvalue weighted by molar-refractivity contribution is -0.139. The Kier molecular flexibility index (Phi) is 8.26. The van der Waals surface area contributed by atoms with Gasteiger partial charge >= 0.3 is 12.1 Å². The zero-order valence-electron chi connectivity index (χ0n) is 21.0. The maximum atomic E-state index is 12.7. The van der Waals surface area contributed by atoms with E-state index in [2.05, 4.69) is 15.8 Å². The number of benzene rings is 3. The van der Waals surface area contributed by atoms with Crippen molar-refractivity contribution in [3.05, 3.63) is 94.1 Å². The normalized spacial score (nSPS) is 11.6. The van der Waals surface area contributed by atoms with E-state index in [9.17, 15) is 9.59 Å². The third-order valence-electron chi connectivity index (χ3n) is 6.10. The highest BCUT2D eigenvalue weighted by molar-refractivity contribution is 7.10. The van der Waals surface area contributed by atoms with Gasteiger partial charge in [0.2, 0.25) is 0 Å². The number of nitrogens with zero attached hydrogens (tertiary/aromatic N) is 1. The maximum Gasteiger partial charge on any atom is 0.412 e. The number of nitrogens with one attached hydrogen (secondary N) is 1. The Bertz CT molecular complexity index is 1430. The summed E-state index contributed by atoms with van der Waals surface area (Å²) in [5, 5.41) is 3.41. The van der Waals surface area contributed by atoms with Crippen molar-refractivity contribution >= 4 is 40.9 Å². The first-order chi connectivity index (χ1) is 17.8. The Morgan fingerprint density at radius 2 is 1.68 bits per heavy atom. The number of carbonyl (C=O) groups excluding carboxylic acids is 2. The molecule has 37 heavy (non-hydrogen) atoms. The monoisotopic (exact) mass is 534 g/mol. The fraction of sp³-hybridized carbons (Fsp3) is 0.207. The summed E-state index contributed by atoms with van der Waals surface area (Å²) >= 11 is 7.55. The second-order valence-corrected chi connectivity index (χ2v) is 9.82. The van der Waals surface area contributed by atoms with E-state index < -0.39 is 12.2 Å². The molecule has 4 rings (SSSR count). The average molecular weight is 535 g/mol. The molecule has 0 aliphatic carbocycles. The van der Waals surface area contributed by atoms with E-state index in [1.54, 1.807) is 13.0 Å². The van der Waals surface area contributed by atoms with Crippen LogP contribution in [-0.2, 0) is 20.7 Å². The number of methoxy groups -OCH3 is 1. The number of halogens is 1. The predicted octanol–water partition coefficient (Wildman–Crippen LogP) is 7.77. The van der Waals surface area contributed by atoms with Crippen LogP contribution >= 0.6 is 23.1 Å². The van der Waals surface area contributed by atoms with E-state index >= 15 is 0 Å². The molecule has 0 saturated carbocycles. The zero-order valence-corrected chi connectivity index (χ0v) is 22.6. The van der Waals surface area contributed by atoms with Gasteiger partial charge in [0, 0.05) is 10.6 Å². The highest BCUT2D eigenvalue weighted by Gasteiger charge is 2.19. The van der Waals surface area contributed by atoms with Crippen LogP contribution in [0.2, 0.25) is 5.02 Å². The minimum Gasteiger partial charge on any atom is -0.469 e. The number of esters is 1. The average Bonchev–Trinajstić information content (AvgIpc) is 3.25. The van der Waals surface area contributed by atoms with E-state index in [4.69, 9.17) is 21.1 Å². The van der Waals surface area contributed by atoms with Crippen LogP contribution in [0.25, 0.3) is 21.6 Å². The van der Waals surface area contributed by atoms with Crippen LogP contribution in [-0.4, -0.2) is 23.5 Å². The van der Waals surface area contributed by atoms with Gasteiger partial charge in [0.1, 0.15) is 6.10 Å². The van der Waals surface area contributed by atoms with E-state index in [0.717, 1.165) is 38.3 Å². The number of amides is 1. The summed E-state index contributed by atoms with van der Waals surface area (Å²) in [6, 6.07) is 21.4. The third-order valence-corrected chi connectivity index (χ3v) is 7.43. The second-order valence-electron chi connectivity index (χ2n) is 8.64. The molecule has 190 valence electrons. The number of ether oxygens (including phenoxy) is 2. The first-order valence-corrected chi connectivity index (χ1v) is 12.9. The van der Waals surface area contributed by atoms with Gasteiger partial charge in [-0.25, -0.2) is 4.79 Å². The van der Waals surface area contributed by atoms with E-state index in [-0.39, 0.29) is 12.4 Å². The predicted molar refractivity (Wildman–Crippen MR) is 148 cm³/mol. The Morgan fingerprint density at radius 3 is 2.35 bits per heavy atom. The minimum absolute atomic E-state index is 0.252. The Morgan fingerprint density at radius 1 is 1.00 bits per heavy atom. The molecule has 0 spiro atoms. The fourth-order valence-electron chi connectivity index (χ4n) is 3.99. The standard InChI is InChI=1S/C29H27ClN2O4S/c1-17-15-23(14-13-22(17)16-26(33)35-4)20-9-11-21(12-10-20)28-27(18(2)32-37-28)31-29(34)36-19(3)24-7-5-6-8-25(24)30/h5-15,19H,16H2,1-4H3,(H,31,34)/t19-/m1/s1. The summed E-state index contributed by atoms with van der Waals surface area (Å²) in [5.41, 5.74) is 7.07. The van der Waals surface area contributed by atoms with Gasteiger partial charge in [-0.2, -0.15) is 4.37 Å².